The molecule has 2 heterocycles. The lowest BCUT2D eigenvalue weighted by Crippen LogP contribution is -2.49. The predicted molar refractivity (Wildman–Crippen MR) is 186 cm³/mol. The highest BCUT2D eigenvalue weighted by atomic mass is 32.2. The zero-order valence-electron chi connectivity index (χ0n) is 27.0. The Labute approximate surface area is 278 Å². The van der Waals surface area contributed by atoms with E-state index >= 15 is 0 Å². The van der Waals surface area contributed by atoms with Crippen LogP contribution in [-0.2, 0) is 30.1 Å². The number of benzene rings is 2. The largest absolute Gasteiger partial charge is 0.369 e. The molecule has 1 saturated heterocycles. The molecule has 252 valence electrons. The number of aromatic amines is 1. The fourth-order valence-electron chi connectivity index (χ4n) is 5.18. The topological polar surface area (TPSA) is 138 Å². The highest BCUT2D eigenvalue weighted by Crippen LogP contribution is 2.25. The van der Waals surface area contributed by atoms with Crippen LogP contribution in [0.2, 0.25) is 0 Å². The first kappa shape index (κ1) is 35.8. The molecule has 0 spiro atoms. The van der Waals surface area contributed by atoms with E-state index in [1.807, 2.05) is 60.7 Å². The number of hydrogen-bond acceptors (Lipinski definition) is 6. The van der Waals surface area contributed by atoms with Gasteiger partial charge in [0.15, 0.2) is 5.43 Å². The number of likely N-dealkylation sites (tertiary alicyclic amines) is 1. The van der Waals surface area contributed by atoms with Crippen LogP contribution in [0.25, 0.3) is 22.2 Å². The molecule has 2 aliphatic carbocycles. The molecule has 3 aliphatic rings. The molecule has 11 heteroatoms. The van der Waals surface area contributed by atoms with Crippen molar-refractivity contribution in [3.8, 4) is 11.3 Å². The molecule has 0 radical (unpaired) electrons. The molecule has 2 saturated carbocycles. The summed E-state index contributed by atoms with van der Waals surface area (Å²) in [6.45, 7) is 6.70. The molecule has 10 nitrogen and oxygen atoms in total. The van der Waals surface area contributed by atoms with Gasteiger partial charge in [0, 0.05) is 41.9 Å². The monoisotopic (exact) mass is 662 g/mol. The van der Waals surface area contributed by atoms with Gasteiger partial charge in [0.05, 0.1) is 5.25 Å². The summed E-state index contributed by atoms with van der Waals surface area (Å²) in [5.74, 6) is -0.0521. The molecule has 3 aromatic rings. The van der Waals surface area contributed by atoms with E-state index in [2.05, 4.69) is 21.6 Å². The summed E-state index contributed by atoms with van der Waals surface area (Å²) in [7, 11) is -1.08. The van der Waals surface area contributed by atoms with Crippen LogP contribution in [0.1, 0.15) is 64.7 Å². The maximum atomic E-state index is 12.5. The number of fused-ring (bicyclic) bond motifs is 1. The minimum atomic E-state index is -1.08. The fourth-order valence-corrected chi connectivity index (χ4v) is 6.03. The Morgan fingerprint density at radius 2 is 1.79 bits per heavy atom. The number of pyridine rings is 1. The van der Waals surface area contributed by atoms with Crippen molar-refractivity contribution >= 4 is 40.1 Å². The molecule has 1 aromatic heterocycles. The molecule has 3 atom stereocenters. The predicted octanol–water partition coefficient (Wildman–Crippen LogP) is 4.77. The zero-order valence-corrected chi connectivity index (χ0v) is 27.8. The van der Waals surface area contributed by atoms with Crippen LogP contribution in [0, 0.1) is 0 Å². The number of carbonyl (C=O) groups excluding carboxylic acids is 3. The number of allylic oxidation sites excluding steroid dienone is 1. The van der Waals surface area contributed by atoms with Gasteiger partial charge in [0.1, 0.15) is 23.1 Å². The Kier molecular flexibility index (Phi) is 13.9. The Hall–Kier alpha value is -4.09. The van der Waals surface area contributed by atoms with Gasteiger partial charge in [-0.1, -0.05) is 48.5 Å². The maximum absolute atomic E-state index is 12.5. The summed E-state index contributed by atoms with van der Waals surface area (Å²) in [6, 6.07) is 19.1. The number of nitrogens with zero attached hydrogens (tertiary/aromatic N) is 1. The summed E-state index contributed by atoms with van der Waals surface area (Å²) < 4.78 is 18.4. The Bertz CT molecular complexity index is 1570. The van der Waals surface area contributed by atoms with E-state index in [9.17, 15) is 23.4 Å². The first-order chi connectivity index (χ1) is 22.8. The number of carbonyl (C=O) groups is 3. The molecule has 3 N–H and O–H groups in total. The van der Waals surface area contributed by atoms with Crippen molar-refractivity contribution in [3.05, 3.63) is 83.5 Å². The van der Waals surface area contributed by atoms with Crippen LogP contribution in [-0.4, -0.2) is 68.9 Å². The Morgan fingerprint density at radius 1 is 1.06 bits per heavy atom. The van der Waals surface area contributed by atoms with Crippen LogP contribution in [0.5, 0.6) is 0 Å². The van der Waals surface area contributed by atoms with Gasteiger partial charge in [-0.2, -0.15) is 0 Å². The molecule has 1 aliphatic heterocycles. The average Bonchev–Trinajstić information content (AvgIpc) is 4.04. The van der Waals surface area contributed by atoms with Gasteiger partial charge < -0.3 is 19.9 Å². The molecule has 3 amide bonds. The normalized spacial score (nSPS) is 18.1. The second kappa shape index (κ2) is 18.3. The number of unbranched alkanes of at least 4 members (excludes halogenated alkanes) is 2. The molecular weight excluding hydrogens is 616 g/mol. The van der Waals surface area contributed by atoms with Gasteiger partial charge in [-0.3, -0.25) is 23.9 Å². The van der Waals surface area contributed by atoms with Crippen molar-refractivity contribution in [1.29, 1.82) is 0 Å². The van der Waals surface area contributed by atoms with Gasteiger partial charge in [-0.05, 0) is 82.4 Å². The van der Waals surface area contributed by atoms with Gasteiger partial charge in [0.25, 0.3) is 5.91 Å². The lowest BCUT2D eigenvalue weighted by molar-refractivity contribution is -0.147. The van der Waals surface area contributed by atoms with E-state index in [0.717, 1.165) is 79.9 Å². The summed E-state index contributed by atoms with van der Waals surface area (Å²) in [5.41, 5.74) is 2.81. The van der Waals surface area contributed by atoms with E-state index in [0.29, 0.717) is 25.6 Å². The van der Waals surface area contributed by atoms with Crippen molar-refractivity contribution in [2.45, 2.75) is 88.1 Å². The lowest BCUT2D eigenvalue weighted by Gasteiger charge is -2.26. The van der Waals surface area contributed by atoms with Crippen LogP contribution in [0.15, 0.2) is 78.1 Å². The number of aromatic nitrogens is 1. The summed E-state index contributed by atoms with van der Waals surface area (Å²) in [5, 5.41) is 3.98. The van der Waals surface area contributed by atoms with Crippen molar-refractivity contribution < 1.29 is 23.3 Å². The number of H-pyrrole nitrogens is 1. The highest BCUT2D eigenvalue weighted by Gasteiger charge is 2.38. The third-order valence-corrected chi connectivity index (χ3v) is 9.50. The number of para-hydroxylation sites is 1. The minimum Gasteiger partial charge on any atom is -0.369 e. The molecule has 0 bridgehead atoms. The van der Waals surface area contributed by atoms with Gasteiger partial charge in [-0.25, -0.2) is 4.21 Å². The molecule has 2 unspecified atom stereocenters. The van der Waals surface area contributed by atoms with Crippen LogP contribution < -0.4 is 15.5 Å². The standard InChI is InChI=1S/C17H28N2O3.C15H11NO.C4H7NO2S/c1-3-4-5-6-12-22-13(2)17(21)19-11-7-8-15(19)16(20)18-14-9-10-14;17-15-10-14(11-6-2-1-3-7-11)16-13-9-5-4-8-12(13)15;6-3-5-8(7)4-1-2-4/h3,13-15H,1,4-12H2,2H3,(H,18,20);1-10H,(H,16,17);3-4H,1-2H2,(H,5,6)/t13-,15?;;/m1../s1. The number of nitrogens with one attached hydrogen (secondary N) is 3. The van der Waals surface area contributed by atoms with Crippen LogP contribution in [0.3, 0.4) is 0 Å². The van der Waals surface area contributed by atoms with Crippen molar-refractivity contribution in [3.63, 3.8) is 0 Å². The first-order valence-corrected chi connectivity index (χ1v) is 17.6. The third-order valence-electron chi connectivity index (χ3n) is 8.09. The molecule has 47 heavy (non-hydrogen) atoms. The van der Waals surface area contributed by atoms with E-state index in [-0.39, 0.29) is 28.5 Å². The zero-order chi connectivity index (χ0) is 33.6. The quantitative estimate of drug-likeness (QED) is 0.137. The summed E-state index contributed by atoms with van der Waals surface area (Å²) in [4.78, 5) is 51.3. The number of rotatable bonds is 13. The number of amides is 3. The van der Waals surface area contributed by atoms with Crippen LogP contribution >= 0.6 is 0 Å². The number of ether oxygens (including phenoxy) is 1. The Balaban J connectivity index is 0.000000176. The lowest BCUT2D eigenvalue weighted by atomic mass is 10.1. The summed E-state index contributed by atoms with van der Waals surface area (Å²) in [6.07, 6.45) is 10.6. The Morgan fingerprint density at radius 3 is 2.47 bits per heavy atom. The molecule has 3 fully saturated rings. The first-order valence-electron chi connectivity index (χ1n) is 16.4. The second-order valence-corrected chi connectivity index (χ2v) is 13.5. The third kappa shape index (κ3) is 11.3. The smallest absolute Gasteiger partial charge is 0.252 e. The average molecular weight is 663 g/mol. The minimum absolute atomic E-state index is 0.00605. The second-order valence-electron chi connectivity index (χ2n) is 12.0. The molecule has 2 aromatic carbocycles. The molecular formula is C36H46N4O6S. The number of hydrogen-bond donors (Lipinski definition) is 3. The summed E-state index contributed by atoms with van der Waals surface area (Å²) >= 11 is 0. The van der Waals surface area contributed by atoms with Crippen molar-refractivity contribution in [2.24, 2.45) is 0 Å². The maximum Gasteiger partial charge on any atom is 0.252 e. The van der Waals surface area contributed by atoms with Crippen LogP contribution in [0.4, 0.5) is 0 Å². The molecule has 6 rings (SSSR count). The van der Waals surface area contributed by atoms with E-state index in [1.165, 1.54) is 0 Å². The fraction of sp³-hybridized carbons (Fsp3) is 0.444. The van der Waals surface area contributed by atoms with Crippen molar-refractivity contribution in [2.75, 3.05) is 13.2 Å². The van der Waals surface area contributed by atoms with E-state index < -0.39 is 17.1 Å². The van der Waals surface area contributed by atoms with Gasteiger partial charge in [-0.15, -0.1) is 6.58 Å². The SMILES string of the molecule is C=CCCCCO[C@H](C)C(=O)N1CCCC1C(=O)NC1CC1.O=CNS(=O)C1CC1.O=c1cc(-c2ccccc2)[nH]c2ccccc12. The van der Waals surface area contributed by atoms with Crippen molar-refractivity contribution in [1.82, 2.24) is 19.9 Å². The highest BCUT2D eigenvalue weighted by molar-refractivity contribution is 7.84. The van der Waals surface area contributed by atoms with E-state index in [1.54, 1.807) is 17.9 Å². The van der Waals surface area contributed by atoms with Gasteiger partial charge >= 0.3 is 0 Å². The van der Waals surface area contributed by atoms with E-state index in [4.69, 9.17) is 4.74 Å². The van der Waals surface area contributed by atoms with Gasteiger partial charge in [0.2, 0.25) is 12.3 Å².